The summed E-state index contributed by atoms with van der Waals surface area (Å²) in [6.07, 6.45) is 0.422. The highest BCUT2D eigenvalue weighted by Crippen LogP contribution is 2.36. The van der Waals surface area contributed by atoms with Crippen LogP contribution >= 0.6 is 23.8 Å². The smallest absolute Gasteiger partial charge is 0.385 e. The summed E-state index contributed by atoms with van der Waals surface area (Å²) in [5.41, 5.74) is -0.782. The summed E-state index contributed by atoms with van der Waals surface area (Å²) in [5, 5.41) is 6.08. The minimum absolute atomic E-state index is 0.153. The molecule has 0 amide bonds. The zero-order valence-electron chi connectivity index (χ0n) is 13.3. The number of hydrogen-bond acceptors (Lipinski definition) is 2. The average molecular weight is 381 g/mol. The second-order valence-corrected chi connectivity index (χ2v) is 6.82. The molecule has 1 aliphatic carbocycles. The lowest BCUT2D eigenvalue weighted by Crippen LogP contribution is -2.48. The first-order chi connectivity index (χ1) is 11.3. The van der Waals surface area contributed by atoms with Crippen molar-refractivity contribution in [1.82, 2.24) is 5.32 Å². The number of halogens is 4. The highest BCUT2D eigenvalue weighted by atomic mass is 35.5. The molecule has 0 radical (unpaired) electrons. The predicted octanol–water partition coefficient (Wildman–Crippen LogP) is 4.99. The number of alkyl halides is 3. The van der Waals surface area contributed by atoms with Crippen molar-refractivity contribution in [1.29, 1.82) is 0 Å². The van der Waals surface area contributed by atoms with Crippen LogP contribution in [0.3, 0.4) is 0 Å². The van der Waals surface area contributed by atoms with Gasteiger partial charge >= 0.3 is 6.18 Å². The second-order valence-electron chi connectivity index (χ2n) is 6.00. The summed E-state index contributed by atoms with van der Waals surface area (Å²) in [4.78, 5) is 0. The molecule has 24 heavy (non-hydrogen) atoms. The van der Waals surface area contributed by atoms with Crippen LogP contribution in [0, 0.1) is 0 Å². The Morgan fingerprint density at radius 2 is 2.00 bits per heavy atom. The molecule has 0 saturated heterocycles. The summed E-state index contributed by atoms with van der Waals surface area (Å²) in [7, 11) is 1.64. The largest absolute Gasteiger partial charge is 0.417 e. The predicted molar refractivity (Wildman–Crippen MR) is 93.5 cm³/mol. The number of benzene rings is 1. The summed E-state index contributed by atoms with van der Waals surface area (Å²) in [5.74, 6) is 0. The van der Waals surface area contributed by atoms with E-state index in [9.17, 15) is 13.2 Å². The molecule has 3 nitrogen and oxygen atoms in total. The molecular formula is C16H20ClF3N2OS. The van der Waals surface area contributed by atoms with Crippen molar-refractivity contribution in [3.8, 4) is 0 Å². The van der Waals surface area contributed by atoms with E-state index in [1.54, 1.807) is 7.11 Å². The van der Waals surface area contributed by atoms with Crippen LogP contribution in [0.15, 0.2) is 18.2 Å². The van der Waals surface area contributed by atoms with E-state index in [1.807, 2.05) is 0 Å². The average Bonchev–Trinajstić information content (AvgIpc) is 2.94. The lowest BCUT2D eigenvalue weighted by molar-refractivity contribution is -0.137. The van der Waals surface area contributed by atoms with Crippen LogP contribution < -0.4 is 10.6 Å². The van der Waals surface area contributed by atoms with Gasteiger partial charge in [0.25, 0.3) is 0 Å². The van der Waals surface area contributed by atoms with Crippen LogP contribution in [0.5, 0.6) is 0 Å². The van der Waals surface area contributed by atoms with Gasteiger partial charge in [-0.15, -0.1) is 0 Å². The van der Waals surface area contributed by atoms with Crippen LogP contribution in [-0.2, 0) is 10.9 Å². The van der Waals surface area contributed by atoms with Gasteiger partial charge in [-0.2, -0.15) is 13.2 Å². The Morgan fingerprint density at radius 3 is 2.58 bits per heavy atom. The van der Waals surface area contributed by atoms with E-state index >= 15 is 0 Å². The summed E-state index contributed by atoms with van der Waals surface area (Å²) < 4.78 is 43.9. The standard InChI is InChI=1S/C16H20ClF3N2OS/c1-23-9-8-15(6-2-3-7-15)22-14(24)21-11-4-5-13(17)12(10-11)16(18,19)20/h4-5,10H,2-3,6-9H2,1H3,(H2,21,22,24). The Kier molecular flexibility index (Phi) is 6.33. The maximum Gasteiger partial charge on any atom is 0.417 e. The van der Waals surface area contributed by atoms with Crippen molar-refractivity contribution >= 4 is 34.6 Å². The minimum Gasteiger partial charge on any atom is -0.385 e. The fourth-order valence-corrected chi connectivity index (χ4v) is 3.57. The highest BCUT2D eigenvalue weighted by Gasteiger charge is 2.35. The van der Waals surface area contributed by atoms with Crippen molar-refractivity contribution in [3.05, 3.63) is 28.8 Å². The highest BCUT2D eigenvalue weighted by molar-refractivity contribution is 7.80. The number of ether oxygens (including phenoxy) is 1. The molecule has 134 valence electrons. The third kappa shape index (κ3) is 4.97. The number of hydrogen-bond donors (Lipinski definition) is 2. The van der Waals surface area contributed by atoms with E-state index in [-0.39, 0.29) is 16.2 Å². The molecule has 0 unspecified atom stereocenters. The topological polar surface area (TPSA) is 33.3 Å². The van der Waals surface area contributed by atoms with Crippen LogP contribution in [0.2, 0.25) is 5.02 Å². The monoisotopic (exact) mass is 380 g/mol. The number of rotatable bonds is 5. The zero-order valence-corrected chi connectivity index (χ0v) is 14.9. The van der Waals surface area contributed by atoms with Gasteiger partial charge in [0.1, 0.15) is 0 Å². The quantitative estimate of drug-likeness (QED) is 0.705. The van der Waals surface area contributed by atoms with Gasteiger partial charge in [0.2, 0.25) is 0 Å². The molecule has 2 N–H and O–H groups in total. The van der Waals surface area contributed by atoms with E-state index in [2.05, 4.69) is 10.6 Å². The third-order valence-electron chi connectivity index (χ3n) is 4.25. The Morgan fingerprint density at radius 1 is 1.33 bits per heavy atom. The lowest BCUT2D eigenvalue weighted by atomic mass is 9.94. The van der Waals surface area contributed by atoms with Gasteiger partial charge in [-0.25, -0.2) is 0 Å². The normalized spacial score (nSPS) is 16.9. The Bertz CT molecular complexity index is 589. The maximum atomic E-state index is 12.9. The van der Waals surface area contributed by atoms with E-state index in [0.29, 0.717) is 11.7 Å². The number of nitrogens with one attached hydrogen (secondary N) is 2. The molecule has 1 fully saturated rings. The van der Waals surface area contributed by atoms with Gasteiger partial charge in [0, 0.05) is 24.9 Å². The van der Waals surface area contributed by atoms with E-state index in [0.717, 1.165) is 38.2 Å². The van der Waals surface area contributed by atoms with Gasteiger partial charge in [0.15, 0.2) is 5.11 Å². The minimum atomic E-state index is -4.50. The van der Waals surface area contributed by atoms with E-state index in [4.69, 9.17) is 28.6 Å². The molecule has 2 rings (SSSR count). The van der Waals surface area contributed by atoms with Crippen LogP contribution in [0.1, 0.15) is 37.7 Å². The molecule has 1 aromatic carbocycles. The zero-order chi connectivity index (χ0) is 17.8. The van der Waals surface area contributed by atoms with Crippen molar-refractivity contribution < 1.29 is 17.9 Å². The molecule has 0 aliphatic heterocycles. The lowest BCUT2D eigenvalue weighted by Gasteiger charge is -2.31. The summed E-state index contributed by atoms with van der Waals surface area (Å²) in [6.45, 7) is 0.606. The van der Waals surface area contributed by atoms with Gasteiger partial charge in [-0.3, -0.25) is 0 Å². The van der Waals surface area contributed by atoms with E-state index < -0.39 is 11.7 Å². The van der Waals surface area contributed by atoms with Gasteiger partial charge in [0.05, 0.1) is 10.6 Å². The van der Waals surface area contributed by atoms with Gasteiger partial charge < -0.3 is 15.4 Å². The molecule has 1 aliphatic rings. The van der Waals surface area contributed by atoms with Crippen LogP contribution in [0.4, 0.5) is 18.9 Å². The molecule has 0 atom stereocenters. The SMILES string of the molecule is COCCC1(NC(=S)Nc2ccc(Cl)c(C(F)(F)F)c2)CCCC1. The van der Waals surface area contributed by atoms with Crippen molar-refractivity contribution in [3.63, 3.8) is 0 Å². The number of thiocarbonyl (C=S) groups is 1. The van der Waals surface area contributed by atoms with Crippen molar-refractivity contribution in [2.75, 3.05) is 19.0 Å². The Labute approximate surface area is 149 Å². The number of anilines is 1. The molecule has 0 bridgehead atoms. The van der Waals surface area contributed by atoms with Crippen molar-refractivity contribution in [2.45, 2.75) is 43.8 Å². The molecule has 0 spiro atoms. The maximum absolute atomic E-state index is 12.9. The molecule has 0 heterocycles. The van der Waals surface area contributed by atoms with Crippen molar-refractivity contribution in [2.24, 2.45) is 0 Å². The Balaban J connectivity index is 2.06. The first kappa shape index (κ1) is 19.3. The van der Waals surface area contributed by atoms with Gasteiger partial charge in [-0.1, -0.05) is 24.4 Å². The fraction of sp³-hybridized carbons (Fsp3) is 0.562. The molecule has 1 saturated carbocycles. The van der Waals surface area contributed by atoms with Crippen LogP contribution in [-0.4, -0.2) is 24.4 Å². The number of methoxy groups -OCH3 is 1. The third-order valence-corrected chi connectivity index (χ3v) is 4.79. The molecular weight excluding hydrogens is 361 g/mol. The fourth-order valence-electron chi connectivity index (χ4n) is 3.01. The summed E-state index contributed by atoms with van der Waals surface area (Å²) >= 11 is 10.9. The van der Waals surface area contributed by atoms with Crippen LogP contribution in [0.25, 0.3) is 0 Å². The van der Waals surface area contributed by atoms with E-state index in [1.165, 1.54) is 12.1 Å². The first-order valence-corrected chi connectivity index (χ1v) is 8.49. The molecule has 8 heteroatoms. The Hall–Kier alpha value is -1.05. The molecule has 1 aromatic rings. The first-order valence-electron chi connectivity index (χ1n) is 7.71. The molecule has 0 aromatic heterocycles. The summed E-state index contributed by atoms with van der Waals surface area (Å²) in [6, 6.07) is 3.65. The van der Waals surface area contributed by atoms with Gasteiger partial charge in [-0.05, 0) is 49.7 Å². The second kappa shape index (κ2) is 7.89.